The maximum absolute atomic E-state index is 9.78. The Morgan fingerprint density at radius 3 is 2.53 bits per heavy atom. The molecule has 3 heterocycles. The van der Waals surface area contributed by atoms with E-state index in [1.165, 1.54) is 17.3 Å². The summed E-state index contributed by atoms with van der Waals surface area (Å²) >= 11 is 3.12. The van der Waals surface area contributed by atoms with Crippen LogP contribution in [0, 0.1) is 11.3 Å². The van der Waals surface area contributed by atoms with Crippen LogP contribution in [-0.4, -0.2) is 64.5 Å². The quantitative estimate of drug-likeness (QED) is 0.287. The Kier molecular flexibility index (Phi) is 9.07. The summed E-state index contributed by atoms with van der Waals surface area (Å²) in [5, 5.41) is 11.3. The van der Waals surface area contributed by atoms with Crippen LogP contribution in [0.4, 0.5) is 0 Å². The molecule has 0 radical (unpaired) electrons. The predicted octanol–water partition coefficient (Wildman–Crippen LogP) is 5.80. The highest BCUT2D eigenvalue weighted by Crippen LogP contribution is 2.30. The van der Waals surface area contributed by atoms with Gasteiger partial charge >= 0.3 is 0 Å². The van der Waals surface area contributed by atoms with Gasteiger partial charge in [0.05, 0.1) is 0 Å². The van der Waals surface area contributed by atoms with Gasteiger partial charge in [0.25, 0.3) is 0 Å². The molecular weight excluding hydrogens is 514 g/mol. The monoisotopic (exact) mass is 545 g/mol. The lowest BCUT2D eigenvalue weighted by atomic mass is 10.0. The Balaban J connectivity index is 1.11. The molecule has 2 aliphatic heterocycles. The smallest absolute Gasteiger partial charge is 0.231 e. The number of nitriles is 1. The number of nitrogens with zero attached hydrogens (tertiary/aromatic N) is 5. The fourth-order valence-electron chi connectivity index (χ4n) is 4.51. The molecule has 0 unspecified atom stereocenters. The maximum Gasteiger partial charge on any atom is 0.231 e. The second-order valence-electron chi connectivity index (χ2n) is 9.14. The van der Waals surface area contributed by atoms with Crippen LogP contribution < -0.4 is 0 Å². The fourth-order valence-corrected chi connectivity index (χ4v) is 6.08. The van der Waals surface area contributed by atoms with Crippen molar-refractivity contribution in [3.05, 3.63) is 83.9 Å². The number of ether oxygens (including phenoxy) is 2. The zero-order valence-electron chi connectivity index (χ0n) is 21.5. The van der Waals surface area contributed by atoms with Gasteiger partial charge in [-0.15, -0.1) is 23.5 Å². The Morgan fingerprint density at radius 1 is 1.03 bits per heavy atom. The van der Waals surface area contributed by atoms with Gasteiger partial charge in [-0.2, -0.15) is 5.26 Å². The summed E-state index contributed by atoms with van der Waals surface area (Å²) in [5.41, 5.74) is 2.89. The van der Waals surface area contributed by atoms with E-state index in [1.54, 1.807) is 24.3 Å². The van der Waals surface area contributed by atoms with Gasteiger partial charge in [0.15, 0.2) is 12.1 Å². The predicted molar refractivity (Wildman–Crippen MR) is 152 cm³/mol. The molecule has 0 saturated carbocycles. The first kappa shape index (κ1) is 26.4. The molecule has 1 fully saturated rings. The third kappa shape index (κ3) is 6.62. The van der Waals surface area contributed by atoms with E-state index in [0.29, 0.717) is 11.4 Å². The van der Waals surface area contributed by atoms with E-state index in [-0.39, 0.29) is 0 Å². The lowest BCUT2D eigenvalue weighted by Crippen LogP contribution is -2.46. The Morgan fingerprint density at radius 2 is 1.84 bits per heavy atom. The minimum atomic E-state index is 0.567. The van der Waals surface area contributed by atoms with Crippen molar-refractivity contribution >= 4 is 23.5 Å². The van der Waals surface area contributed by atoms with Gasteiger partial charge in [0.2, 0.25) is 5.88 Å². The lowest BCUT2D eigenvalue weighted by Gasteiger charge is -2.36. The molecule has 2 aromatic rings. The van der Waals surface area contributed by atoms with Crippen LogP contribution in [0.2, 0.25) is 0 Å². The molecule has 1 aliphatic carbocycles. The number of hydrogen-bond acceptors (Lipinski definition) is 9. The van der Waals surface area contributed by atoms with Crippen molar-refractivity contribution in [1.29, 1.82) is 5.26 Å². The zero-order valence-corrected chi connectivity index (χ0v) is 23.1. The summed E-state index contributed by atoms with van der Waals surface area (Å²) in [4.78, 5) is 14.1. The number of allylic oxidation sites excluding steroid dienone is 4. The fraction of sp³-hybridized carbons (Fsp3) is 0.345. The van der Waals surface area contributed by atoms with E-state index in [2.05, 4.69) is 39.1 Å². The number of aromatic nitrogens is 2. The molecule has 3 aliphatic rings. The molecule has 0 amide bonds. The number of piperazine rings is 1. The van der Waals surface area contributed by atoms with E-state index in [1.807, 2.05) is 36.6 Å². The highest BCUT2D eigenvalue weighted by molar-refractivity contribution is 7.99. The van der Waals surface area contributed by atoms with Gasteiger partial charge in [-0.3, -0.25) is 4.90 Å². The van der Waals surface area contributed by atoms with Crippen LogP contribution in [0.25, 0.3) is 11.4 Å². The van der Waals surface area contributed by atoms with Crippen molar-refractivity contribution in [3.8, 4) is 17.5 Å². The average Bonchev–Trinajstić information content (AvgIpc) is 2.98. The second-order valence-corrected chi connectivity index (χ2v) is 11.0. The van der Waals surface area contributed by atoms with E-state index in [0.717, 1.165) is 85.0 Å². The van der Waals surface area contributed by atoms with E-state index >= 15 is 0 Å². The third-order valence-corrected chi connectivity index (χ3v) is 8.27. The van der Waals surface area contributed by atoms with E-state index in [9.17, 15) is 5.26 Å². The summed E-state index contributed by atoms with van der Waals surface area (Å²) in [6.07, 6.45) is 14.9. The van der Waals surface area contributed by atoms with E-state index < -0.39 is 0 Å². The van der Waals surface area contributed by atoms with Gasteiger partial charge in [0.1, 0.15) is 33.7 Å². The van der Waals surface area contributed by atoms with Gasteiger partial charge in [-0.05, 0) is 19.1 Å². The molecule has 7 nitrogen and oxygen atoms in total. The molecule has 196 valence electrons. The number of hydrogen-bond donors (Lipinski definition) is 0. The molecular formula is C29H31N5O2S2. The highest BCUT2D eigenvalue weighted by atomic mass is 32.2. The largest absolute Gasteiger partial charge is 0.460 e. The molecule has 5 rings (SSSR count). The minimum Gasteiger partial charge on any atom is -0.460 e. The third-order valence-electron chi connectivity index (χ3n) is 6.63. The van der Waals surface area contributed by atoms with E-state index in [4.69, 9.17) is 14.5 Å². The second kappa shape index (κ2) is 13.1. The van der Waals surface area contributed by atoms with Crippen LogP contribution in [-0.2, 0) is 9.47 Å². The molecule has 0 bridgehead atoms. The van der Waals surface area contributed by atoms with Crippen molar-refractivity contribution in [2.45, 2.75) is 29.3 Å². The van der Waals surface area contributed by atoms with Gasteiger partial charge in [0, 0.05) is 50.5 Å². The van der Waals surface area contributed by atoms with Crippen LogP contribution in [0.1, 0.15) is 24.8 Å². The molecule has 0 N–H and O–H groups in total. The van der Waals surface area contributed by atoms with Gasteiger partial charge in [-0.25, -0.2) is 9.97 Å². The van der Waals surface area contributed by atoms with Crippen LogP contribution in [0.15, 0.2) is 88.4 Å². The number of benzene rings is 1. The molecule has 1 aromatic carbocycles. The molecule has 1 aromatic heterocycles. The lowest BCUT2D eigenvalue weighted by molar-refractivity contribution is 0.0853. The first-order valence-corrected chi connectivity index (χ1v) is 15.0. The van der Waals surface area contributed by atoms with Crippen molar-refractivity contribution in [2.75, 3.05) is 44.7 Å². The van der Waals surface area contributed by atoms with Crippen LogP contribution in [0.3, 0.4) is 0 Å². The number of rotatable bonds is 9. The van der Waals surface area contributed by atoms with Crippen LogP contribution in [0.5, 0.6) is 0 Å². The highest BCUT2D eigenvalue weighted by Gasteiger charge is 2.23. The van der Waals surface area contributed by atoms with Crippen molar-refractivity contribution in [1.82, 2.24) is 19.8 Å². The standard InChI is InChI=1S/C29H31N5O2S2/c1-37-28-25(19-30)29(32-27(31-28)23-10-6-3-7-11-23)38-17-16-33-12-14-34(15-13-33)26-21-35-24(20-36-26)18-22-8-4-2-5-9-22/h2-4,6-8,10-11,20-21H,5,9,12-18H2,1H3. The first-order valence-electron chi connectivity index (χ1n) is 12.8. The topological polar surface area (TPSA) is 74.5 Å². The van der Waals surface area contributed by atoms with Crippen LogP contribution >= 0.6 is 23.5 Å². The Labute approximate surface area is 232 Å². The molecule has 0 atom stereocenters. The Bertz CT molecular complexity index is 1290. The number of thioether (sulfide) groups is 2. The SMILES string of the molecule is CSc1nc(-c2ccccc2)nc(SCCN2CCN(C3=COC(CC4=CC=CCC4)=CO3)CC2)c1C#N. The molecule has 1 saturated heterocycles. The zero-order chi connectivity index (χ0) is 26.2. The summed E-state index contributed by atoms with van der Waals surface area (Å²) in [5.74, 6) is 3.15. The molecule has 9 heteroatoms. The van der Waals surface area contributed by atoms with Gasteiger partial charge in [-0.1, -0.05) is 54.1 Å². The minimum absolute atomic E-state index is 0.567. The van der Waals surface area contributed by atoms with Crippen molar-refractivity contribution in [3.63, 3.8) is 0 Å². The summed E-state index contributed by atoms with van der Waals surface area (Å²) in [6, 6.07) is 12.2. The van der Waals surface area contributed by atoms with Gasteiger partial charge < -0.3 is 14.4 Å². The average molecular weight is 546 g/mol. The normalized spacial score (nSPS) is 17.6. The van der Waals surface area contributed by atoms with Crippen molar-refractivity contribution < 1.29 is 9.47 Å². The molecule has 0 spiro atoms. The first-order chi connectivity index (χ1) is 18.7. The molecule has 38 heavy (non-hydrogen) atoms. The Hall–Kier alpha value is -3.19. The van der Waals surface area contributed by atoms with Crippen molar-refractivity contribution in [2.24, 2.45) is 0 Å². The maximum atomic E-state index is 9.78. The summed E-state index contributed by atoms with van der Waals surface area (Å²) in [6.45, 7) is 4.57. The summed E-state index contributed by atoms with van der Waals surface area (Å²) in [7, 11) is 0. The summed E-state index contributed by atoms with van der Waals surface area (Å²) < 4.78 is 11.8.